The third kappa shape index (κ3) is 6.58. The van der Waals surface area contributed by atoms with Gasteiger partial charge in [-0.15, -0.1) is 0 Å². The van der Waals surface area contributed by atoms with E-state index in [0.29, 0.717) is 5.75 Å². The zero-order valence-corrected chi connectivity index (χ0v) is 12.5. The molecule has 0 aliphatic rings. The van der Waals surface area contributed by atoms with E-state index in [9.17, 15) is 18.3 Å². The minimum Gasteiger partial charge on any atom is -0.496 e. The first-order chi connectivity index (χ1) is 9.31. The van der Waals surface area contributed by atoms with Crippen molar-refractivity contribution in [1.82, 2.24) is 0 Å². The topological polar surface area (TPSA) is 38.7 Å². The minimum atomic E-state index is -4.33. The lowest BCUT2D eigenvalue weighted by Gasteiger charge is -2.14. The maximum absolute atomic E-state index is 11.9. The van der Waals surface area contributed by atoms with Gasteiger partial charge in [-0.05, 0) is 30.2 Å². The summed E-state index contributed by atoms with van der Waals surface area (Å²) in [6.07, 6.45) is -4.70. The summed E-state index contributed by atoms with van der Waals surface area (Å²) in [4.78, 5) is 0. The third-order valence-electron chi connectivity index (χ3n) is 2.56. The third-order valence-corrected chi connectivity index (χ3v) is 3.05. The molecule has 0 saturated carbocycles. The van der Waals surface area contributed by atoms with Crippen molar-refractivity contribution in [2.24, 2.45) is 0 Å². The van der Waals surface area contributed by atoms with Crippen LogP contribution in [0.25, 0.3) is 0 Å². The number of aliphatic hydroxyl groups is 1. The van der Waals surface area contributed by atoms with Crippen molar-refractivity contribution >= 4 is 15.9 Å². The molecular formula is C13H16BrF3O3. The van der Waals surface area contributed by atoms with Gasteiger partial charge in [0.05, 0.1) is 13.2 Å². The summed E-state index contributed by atoms with van der Waals surface area (Å²) >= 11 is 3.31. The van der Waals surface area contributed by atoms with Crippen LogP contribution in [0.4, 0.5) is 13.2 Å². The van der Waals surface area contributed by atoms with E-state index in [1.165, 1.54) is 7.11 Å². The van der Waals surface area contributed by atoms with Crippen molar-refractivity contribution in [2.45, 2.75) is 25.1 Å². The van der Waals surface area contributed by atoms with Crippen LogP contribution < -0.4 is 4.74 Å². The number of benzene rings is 1. The van der Waals surface area contributed by atoms with E-state index in [1.807, 2.05) is 0 Å². The molecule has 0 bridgehead atoms. The fraction of sp³-hybridized carbons (Fsp3) is 0.538. The van der Waals surface area contributed by atoms with Crippen LogP contribution in [0, 0.1) is 0 Å². The van der Waals surface area contributed by atoms with Crippen LogP contribution in [-0.2, 0) is 11.2 Å². The Bertz CT molecular complexity index is 424. The Morgan fingerprint density at radius 2 is 2.05 bits per heavy atom. The molecule has 114 valence electrons. The van der Waals surface area contributed by atoms with E-state index < -0.39 is 18.9 Å². The molecule has 3 nitrogen and oxygen atoms in total. The molecule has 0 spiro atoms. The van der Waals surface area contributed by atoms with Crippen molar-refractivity contribution in [3.8, 4) is 5.75 Å². The van der Waals surface area contributed by atoms with Crippen LogP contribution in [0.5, 0.6) is 5.75 Å². The molecule has 1 aromatic carbocycles. The SMILES string of the molecule is COc1ccc(Br)cc1CC(O)CCOCC(F)(F)F. The minimum absolute atomic E-state index is 0.131. The number of hydrogen-bond donors (Lipinski definition) is 1. The molecule has 1 aromatic rings. The second-order valence-electron chi connectivity index (χ2n) is 4.27. The molecule has 0 amide bonds. The molecule has 1 rings (SSSR count). The first-order valence-electron chi connectivity index (χ1n) is 5.97. The maximum Gasteiger partial charge on any atom is 0.411 e. The zero-order chi connectivity index (χ0) is 15.2. The molecule has 0 aromatic heterocycles. The summed E-state index contributed by atoms with van der Waals surface area (Å²) in [6, 6.07) is 5.37. The summed E-state index contributed by atoms with van der Waals surface area (Å²) in [5.74, 6) is 0.628. The van der Waals surface area contributed by atoms with Gasteiger partial charge in [0, 0.05) is 17.5 Å². The molecule has 1 unspecified atom stereocenters. The molecule has 20 heavy (non-hydrogen) atoms. The fourth-order valence-corrected chi connectivity index (χ4v) is 2.08. The summed E-state index contributed by atoms with van der Waals surface area (Å²) in [7, 11) is 1.52. The van der Waals surface area contributed by atoms with Crippen molar-refractivity contribution in [1.29, 1.82) is 0 Å². The number of rotatable bonds is 7. The van der Waals surface area contributed by atoms with Crippen molar-refractivity contribution in [3.63, 3.8) is 0 Å². The monoisotopic (exact) mass is 356 g/mol. The van der Waals surface area contributed by atoms with E-state index in [4.69, 9.17) is 4.74 Å². The first kappa shape index (κ1) is 17.3. The maximum atomic E-state index is 11.9. The Kier molecular flexibility index (Phi) is 6.78. The first-order valence-corrected chi connectivity index (χ1v) is 6.76. The second kappa shape index (κ2) is 7.85. The van der Waals surface area contributed by atoms with Gasteiger partial charge in [0.1, 0.15) is 12.4 Å². The van der Waals surface area contributed by atoms with Crippen LogP contribution >= 0.6 is 15.9 Å². The zero-order valence-electron chi connectivity index (χ0n) is 10.9. The van der Waals surface area contributed by atoms with Crippen molar-refractivity contribution in [3.05, 3.63) is 28.2 Å². The lowest BCUT2D eigenvalue weighted by molar-refractivity contribution is -0.175. The Morgan fingerprint density at radius 3 is 2.65 bits per heavy atom. The van der Waals surface area contributed by atoms with E-state index in [0.717, 1.165) is 10.0 Å². The molecule has 1 N–H and O–H groups in total. The number of halogens is 4. The van der Waals surface area contributed by atoms with Gasteiger partial charge in [-0.25, -0.2) is 0 Å². The quantitative estimate of drug-likeness (QED) is 0.761. The summed E-state index contributed by atoms with van der Waals surface area (Å²) < 4.78 is 46.0. The Morgan fingerprint density at radius 1 is 1.35 bits per heavy atom. The number of hydrogen-bond acceptors (Lipinski definition) is 3. The summed E-state index contributed by atoms with van der Waals surface area (Å²) in [5, 5.41) is 9.81. The van der Waals surface area contributed by atoms with Crippen molar-refractivity contribution in [2.75, 3.05) is 20.3 Å². The summed E-state index contributed by atoms with van der Waals surface area (Å²) in [6.45, 7) is -1.43. The van der Waals surface area contributed by atoms with Gasteiger partial charge in [0.2, 0.25) is 0 Å². The van der Waals surface area contributed by atoms with E-state index in [2.05, 4.69) is 20.7 Å². The van der Waals surface area contributed by atoms with Crippen LogP contribution in [0.2, 0.25) is 0 Å². The molecule has 1 atom stereocenters. The number of ether oxygens (including phenoxy) is 2. The lowest BCUT2D eigenvalue weighted by atomic mass is 10.1. The van der Waals surface area contributed by atoms with Gasteiger partial charge in [-0.1, -0.05) is 15.9 Å². The van der Waals surface area contributed by atoms with Crippen LogP contribution in [0.3, 0.4) is 0 Å². The van der Waals surface area contributed by atoms with Gasteiger partial charge in [-0.2, -0.15) is 13.2 Å². The Balaban J connectivity index is 2.42. The smallest absolute Gasteiger partial charge is 0.411 e. The average Bonchev–Trinajstić information content (AvgIpc) is 2.34. The second-order valence-corrected chi connectivity index (χ2v) is 5.19. The summed E-state index contributed by atoms with van der Waals surface area (Å²) in [5.41, 5.74) is 0.783. The highest BCUT2D eigenvalue weighted by molar-refractivity contribution is 9.10. The van der Waals surface area contributed by atoms with Crippen molar-refractivity contribution < 1.29 is 27.8 Å². The predicted molar refractivity (Wildman–Crippen MR) is 71.9 cm³/mol. The van der Waals surface area contributed by atoms with Gasteiger partial charge in [0.15, 0.2) is 0 Å². The average molecular weight is 357 g/mol. The van der Waals surface area contributed by atoms with Crippen LogP contribution in [-0.4, -0.2) is 37.7 Å². The predicted octanol–water partition coefficient (Wildman–Crippen LogP) is 3.33. The van der Waals surface area contributed by atoms with Gasteiger partial charge in [0.25, 0.3) is 0 Å². The van der Waals surface area contributed by atoms with Crippen LogP contribution in [0.15, 0.2) is 22.7 Å². The fourth-order valence-electron chi connectivity index (χ4n) is 1.67. The number of methoxy groups -OCH3 is 1. The van der Waals surface area contributed by atoms with E-state index >= 15 is 0 Å². The van der Waals surface area contributed by atoms with Gasteiger partial charge < -0.3 is 14.6 Å². The number of aliphatic hydroxyl groups excluding tert-OH is 1. The molecule has 0 heterocycles. The molecule has 7 heteroatoms. The van der Waals surface area contributed by atoms with E-state index in [1.54, 1.807) is 18.2 Å². The molecular weight excluding hydrogens is 341 g/mol. The Labute approximate surface area is 123 Å². The molecule has 0 saturated heterocycles. The van der Waals surface area contributed by atoms with E-state index in [-0.39, 0.29) is 19.4 Å². The molecule has 0 aliphatic heterocycles. The van der Waals surface area contributed by atoms with Gasteiger partial charge in [-0.3, -0.25) is 0 Å². The van der Waals surface area contributed by atoms with Crippen LogP contribution in [0.1, 0.15) is 12.0 Å². The highest BCUT2D eigenvalue weighted by Gasteiger charge is 2.27. The standard InChI is InChI=1S/C13H16BrF3O3/c1-19-12-3-2-10(14)6-9(12)7-11(18)4-5-20-8-13(15,16)17/h2-3,6,11,18H,4-5,7-8H2,1H3. The molecule has 0 radical (unpaired) electrons. The highest BCUT2D eigenvalue weighted by Crippen LogP contribution is 2.24. The largest absolute Gasteiger partial charge is 0.496 e. The van der Waals surface area contributed by atoms with Gasteiger partial charge >= 0.3 is 6.18 Å². The number of alkyl halides is 3. The lowest BCUT2D eigenvalue weighted by Crippen LogP contribution is -2.20. The molecule has 0 aliphatic carbocycles. The molecule has 0 fully saturated rings. The normalized spacial score (nSPS) is 13.3. The Hall–Kier alpha value is -0.790. The highest BCUT2D eigenvalue weighted by atomic mass is 79.9.